The summed E-state index contributed by atoms with van der Waals surface area (Å²) in [5, 5.41) is 4.11. The van der Waals surface area contributed by atoms with Crippen LogP contribution < -0.4 is 5.32 Å². The molecule has 1 N–H and O–H groups in total. The predicted octanol–water partition coefficient (Wildman–Crippen LogP) is 3.96. The van der Waals surface area contributed by atoms with Crippen molar-refractivity contribution in [3.8, 4) is 0 Å². The Hall–Kier alpha value is -1.16. The Balaban J connectivity index is 1.91. The molecule has 4 heteroatoms. The molecule has 1 saturated heterocycles. The van der Waals surface area contributed by atoms with Crippen molar-refractivity contribution in [1.29, 1.82) is 0 Å². The van der Waals surface area contributed by atoms with E-state index in [-0.39, 0.29) is 11.2 Å². The third-order valence-corrected chi connectivity index (χ3v) is 4.46. The molecule has 2 rings (SSSR count). The lowest BCUT2D eigenvalue weighted by molar-refractivity contribution is 0.251. The molecule has 1 aromatic carbocycles. The average molecular weight is 308 g/mol. The van der Waals surface area contributed by atoms with Crippen LogP contribution in [0, 0.1) is 17.2 Å². The quantitative estimate of drug-likeness (QED) is 0.833. The first-order valence-electron chi connectivity index (χ1n) is 7.63. The van der Waals surface area contributed by atoms with Gasteiger partial charge in [-0.3, -0.25) is 0 Å². The molecule has 0 bridgehead atoms. The minimum Gasteiger partial charge on any atom is -0.358 e. The van der Waals surface area contributed by atoms with Gasteiger partial charge in [0.15, 0.2) is 5.11 Å². The van der Waals surface area contributed by atoms with Crippen LogP contribution in [0.4, 0.5) is 4.39 Å². The second kappa shape index (κ2) is 6.73. The fourth-order valence-electron chi connectivity index (χ4n) is 3.15. The lowest BCUT2D eigenvalue weighted by Crippen LogP contribution is -2.43. The molecule has 1 aliphatic rings. The van der Waals surface area contributed by atoms with Gasteiger partial charge in [-0.05, 0) is 54.1 Å². The molecule has 1 aromatic rings. The Kier molecular flexibility index (Phi) is 5.20. The van der Waals surface area contributed by atoms with Crippen LogP contribution in [0.3, 0.4) is 0 Å². The summed E-state index contributed by atoms with van der Waals surface area (Å²) in [5.41, 5.74) is 1.33. The summed E-state index contributed by atoms with van der Waals surface area (Å²) in [6, 6.07) is 6.55. The van der Waals surface area contributed by atoms with Crippen LogP contribution >= 0.6 is 12.2 Å². The molecular weight excluding hydrogens is 283 g/mol. The lowest BCUT2D eigenvalue weighted by Gasteiger charge is -2.31. The predicted molar refractivity (Wildman–Crippen MR) is 89.6 cm³/mol. The summed E-state index contributed by atoms with van der Waals surface area (Å²) in [6.07, 6.45) is 2.42. The van der Waals surface area contributed by atoms with Crippen molar-refractivity contribution in [2.45, 2.75) is 40.2 Å². The number of hydrogen-bond acceptors (Lipinski definition) is 1. The van der Waals surface area contributed by atoms with Crippen LogP contribution in [-0.4, -0.2) is 23.1 Å². The first-order chi connectivity index (χ1) is 9.85. The molecule has 0 aliphatic carbocycles. The molecule has 1 unspecified atom stereocenters. The molecule has 116 valence electrons. The Bertz CT molecular complexity index is 484. The number of halogens is 1. The smallest absolute Gasteiger partial charge is 0.169 e. The third-order valence-electron chi connectivity index (χ3n) is 4.06. The number of hydrogen-bond donors (Lipinski definition) is 1. The molecule has 21 heavy (non-hydrogen) atoms. The molecule has 0 aromatic heterocycles. The van der Waals surface area contributed by atoms with Gasteiger partial charge in [-0.25, -0.2) is 4.39 Å². The number of thiocarbonyl (C=S) groups is 1. The number of nitrogens with zero attached hydrogens (tertiary/aromatic N) is 1. The van der Waals surface area contributed by atoms with Crippen molar-refractivity contribution in [3.05, 3.63) is 35.6 Å². The molecule has 1 fully saturated rings. The molecule has 1 atom stereocenters. The molecule has 0 saturated carbocycles. The highest BCUT2D eigenvalue weighted by atomic mass is 32.1. The van der Waals surface area contributed by atoms with Crippen LogP contribution in [0.2, 0.25) is 0 Å². The summed E-state index contributed by atoms with van der Waals surface area (Å²) < 4.78 is 12.9. The van der Waals surface area contributed by atoms with Gasteiger partial charge in [0.25, 0.3) is 0 Å². The number of rotatable bonds is 2. The van der Waals surface area contributed by atoms with Gasteiger partial charge in [-0.2, -0.15) is 0 Å². The molecule has 0 spiro atoms. The molecule has 1 heterocycles. The summed E-state index contributed by atoms with van der Waals surface area (Å²) >= 11 is 5.54. The van der Waals surface area contributed by atoms with Crippen LogP contribution in [0.25, 0.3) is 0 Å². The standard InChI is InChI=1S/C17H25FN2S/c1-13-8-9-20(12-17(2,3)10-13)16(21)19-11-14-4-6-15(18)7-5-14/h4-7,13H,8-12H2,1-3H3,(H,19,21). The highest BCUT2D eigenvalue weighted by Crippen LogP contribution is 2.31. The Morgan fingerprint density at radius 2 is 2.05 bits per heavy atom. The zero-order valence-corrected chi connectivity index (χ0v) is 14.0. The summed E-state index contributed by atoms with van der Waals surface area (Å²) in [7, 11) is 0. The van der Waals surface area contributed by atoms with Crippen molar-refractivity contribution < 1.29 is 4.39 Å². The van der Waals surface area contributed by atoms with Crippen LogP contribution in [0.1, 0.15) is 39.2 Å². The fraction of sp³-hybridized carbons (Fsp3) is 0.588. The van der Waals surface area contributed by atoms with E-state index in [9.17, 15) is 4.39 Å². The minimum atomic E-state index is -0.204. The summed E-state index contributed by atoms with van der Waals surface area (Å²) in [4.78, 5) is 2.28. The van der Waals surface area contributed by atoms with Gasteiger partial charge in [0.1, 0.15) is 5.82 Å². The topological polar surface area (TPSA) is 15.3 Å². The van der Waals surface area contributed by atoms with E-state index in [1.807, 2.05) is 0 Å². The van der Waals surface area contributed by atoms with E-state index < -0.39 is 0 Å². The van der Waals surface area contributed by atoms with Crippen LogP contribution in [-0.2, 0) is 6.54 Å². The molecular formula is C17H25FN2S. The Morgan fingerprint density at radius 3 is 2.71 bits per heavy atom. The normalized spacial score (nSPS) is 21.7. The average Bonchev–Trinajstić information content (AvgIpc) is 2.55. The Morgan fingerprint density at radius 1 is 1.38 bits per heavy atom. The monoisotopic (exact) mass is 308 g/mol. The minimum absolute atomic E-state index is 0.204. The molecule has 0 amide bonds. The van der Waals surface area contributed by atoms with Crippen LogP contribution in [0.5, 0.6) is 0 Å². The van der Waals surface area contributed by atoms with Crippen molar-refractivity contribution in [1.82, 2.24) is 10.2 Å². The first kappa shape index (κ1) is 16.2. The van der Waals surface area contributed by atoms with Crippen LogP contribution in [0.15, 0.2) is 24.3 Å². The van der Waals surface area contributed by atoms with Gasteiger partial charge >= 0.3 is 0 Å². The zero-order valence-electron chi connectivity index (χ0n) is 13.2. The highest BCUT2D eigenvalue weighted by Gasteiger charge is 2.29. The van der Waals surface area contributed by atoms with Gasteiger partial charge in [0.05, 0.1) is 0 Å². The maximum absolute atomic E-state index is 12.9. The largest absolute Gasteiger partial charge is 0.358 e. The van der Waals surface area contributed by atoms with Crippen molar-refractivity contribution in [2.24, 2.45) is 11.3 Å². The number of likely N-dealkylation sites (tertiary alicyclic amines) is 1. The lowest BCUT2D eigenvalue weighted by atomic mass is 9.83. The van der Waals surface area contributed by atoms with Gasteiger partial charge in [0.2, 0.25) is 0 Å². The molecule has 1 aliphatic heterocycles. The second-order valence-corrected chi connectivity index (χ2v) is 7.36. The van der Waals surface area contributed by atoms with E-state index >= 15 is 0 Å². The zero-order chi connectivity index (χ0) is 15.5. The van der Waals surface area contributed by atoms with Crippen molar-refractivity contribution >= 4 is 17.3 Å². The van der Waals surface area contributed by atoms with Gasteiger partial charge in [0, 0.05) is 19.6 Å². The number of nitrogens with one attached hydrogen (secondary N) is 1. The Labute approximate surface area is 132 Å². The van der Waals surface area contributed by atoms with Gasteiger partial charge < -0.3 is 10.2 Å². The number of benzene rings is 1. The molecule has 2 nitrogen and oxygen atoms in total. The fourth-order valence-corrected chi connectivity index (χ4v) is 3.37. The van der Waals surface area contributed by atoms with Gasteiger partial charge in [-0.15, -0.1) is 0 Å². The highest BCUT2D eigenvalue weighted by molar-refractivity contribution is 7.80. The van der Waals surface area contributed by atoms with Crippen molar-refractivity contribution in [2.75, 3.05) is 13.1 Å². The first-order valence-corrected chi connectivity index (χ1v) is 8.04. The van der Waals surface area contributed by atoms with E-state index in [4.69, 9.17) is 12.2 Å². The summed E-state index contributed by atoms with van der Waals surface area (Å²) in [6.45, 7) is 9.59. The maximum atomic E-state index is 12.9. The maximum Gasteiger partial charge on any atom is 0.169 e. The van der Waals surface area contributed by atoms with E-state index in [0.29, 0.717) is 6.54 Å². The third kappa shape index (κ3) is 4.95. The SMILES string of the molecule is CC1CCN(C(=S)NCc2ccc(F)cc2)CC(C)(C)C1. The van der Waals surface area contributed by atoms with Crippen molar-refractivity contribution in [3.63, 3.8) is 0 Å². The second-order valence-electron chi connectivity index (χ2n) is 6.97. The van der Waals surface area contributed by atoms with E-state index in [2.05, 4.69) is 31.0 Å². The molecule has 0 radical (unpaired) electrons. The van der Waals surface area contributed by atoms with E-state index in [0.717, 1.165) is 29.7 Å². The van der Waals surface area contributed by atoms with E-state index in [1.54, 1.807) is 12.1 Å². The van der Waals surface area contributed by atoms with E-state index in [1.165, 1.54) is 25.0 Å². The van der Waals surface area contributed by atoms with Gasteiger partial charge in [-0.1, -0.05) is 32.9 Å². The summed E-state index contributed by atoms with van der Waals surface area (Å²) in [5.74, 6) is 0.537.